The highest BCUT2D eigenvalue weighted by Gasteiger charge is 2.42. The number of carbonyl (C=O) groups excluding carboxylic acids is 2. The van der Waals surface area contributed by atoms with Crippen LogP contribution in [-0.4, -0.2) is 30.9 Å². The maximum Gasteiger partial charge on any atom is 0.322 e. The van der Waals surface area contributed by atoms with E-state index in [-0.39, 0.29) is 17.2 Å². The number of amides is 2. The van der Waals surface area contributed by atoms with Crippen LogP contribution in [0.5, 0.6) is 5.75 Å². The Morgan fingerprint density at radius 2 is 2.00 bits per heavy atom. The fourth-order valence-corrected chi connectivity index (χ4v) is 3.41. The van der Waals surface area contributed by atoms with Crippen molar-refractivity contribution in [2.45, 2.75) is 32.7 Å². The molecule has 1 aromatic carbocycles. The molecule has 3 rings (SSSR count). The van der Waals surface area contributed by atoms with Crippen molar-refractivity contribution in [1.29, 1.82) is 0 Å². The third-order valence-corrected chi connectivity index (χ3v) is 4.59. The average molecular weight is 314 g/mol. The van der Waals surface area contributed by atoms with Gasteiger partial charge in [-0.1, -0.05) is 26.0 Å². The average Bonchev–Trinajstić information content (AvgIpc) is 2.50. The minimum atomic E-state index is -0.410. The molecule has 0 saturated carbocycles. The highest BCUT2D eigenvalue weighted by molar-refractivity contribution is 6.01. The molecule has 1 unspecified atom stereocenters. The molecule has 1 aliphatic heterocycles. The zero-order valence-corrected chi connectivity index (χ0v) is 14.0. The number of Topliss-reactive ketones (excluding diaryl/α,β-unsaturated/α-hetero) is 1. The van der Waals surface area contributed by atoms with E-state index >= 15 is 0 Å². The normalized spacial score (nSPS) is 23.5. The van der Waals surface area contributed by atoms with Crippen LogP contribution in [0.25, 0.3) is 0 Å². The second-order valence-electron chi connectivity index (χ2n) is 7.02. The first-order chi connectivity index (χ1) is 10.8. The maximum absolute atomic E-state index is 12.8. The Hall–Kier alpha value is -2.30. The molecule has 0 radical (unpaired) electrons. The number of nitrogens with one attached hydrogen (secondary N) is 1. The van der Waals surface area contributed by atoms with E-state index in [1.165, 1.54) is 0 Å². The first-order valence-electron chi connectivity index (χ1n) is 7.77. The van der Waals surface area contributed by atoms with Crippen molar-refractivity contribution in [3.63, 3.8) is 0 Å². The van der Waals surface area contributed by atoms with E-state index in [0.29, 0.717) is 17.7 Å². The van der Waals surface area contributed by atoms with Crippen molar-refractivity contribution in [1.82, 2.24) is 10.2 Å². The lowest BCUT2D eigenvalue weighted by atomic mass is 9.72. The number of rotatable bonds is 2. The molecule has 0 aromatic heterocycles. The predicted octanol–water partition coefficient (Wildman–Crippen LogP) is 3.03. The first kappa shape index (κ1) is 15.6. The van der Waals surface area contributed by atoms with Gasteiger partial charge in [-0.3, -0.25) is 4.79 Å². The van der Waals surface area contributed by atoms with E-state index < -0.39 is 6.04 Å². The number of ether oxygens (including phenoxy) is 1. The van der Waals surface area contributed by atoms with Crippen LogP contribution in [0.3, 0.4) is 0 Å². The standard InChI is InChI=1S/C18H22N2O3/c1-18(2)9-13-15(14(21)10-18)16(19-17(22)20(13)3)11-6-5-7-12(8-11)23-4/h5-8,16H,9-10H2,1-4H3,(H,19,22). The molecule has 5 heteroatoms. The topological polar surface area (TPSA) is 58.6 Å². The van der Waals surface area contributed by atoms with Gasteiger partial charge in [-0.15, -0.1) is 0 Å². The third kappa shape index (κ3) is 2.71. The third-order valence-electron chi connectivity index (χ3n) is 4.59. The fourth-order valence-electron chi connectivity index (χ4n) is 3.41. The minimum absolute atomic E-state index is 0.107. The summed E-state index contributed by atoms with van der Waals surface area (Å²) in [4.78, 5) is 26.7. The number of allylic oxidation sites excluding steroid dienone is 1. The zero-order chi connectivity index (χ0) is 16.8. The lowest BCUT2D eigenvalue weighted by Crippen LogP contribution is -2.49. The number of nitrogens with zero attached hydrogens (tertiary/aromatic N) is 1. The number of ketones is 1. The van der Waals surface area contributed by atoms with Crippen LogP contribution in [0.4, 0.5) is 4.79 Å². The molecular weight excluding hydrogens is 292 g/mol. The fraction of sp³-hybridized carbons (Fsp3) is 0.444. The first-order valence-corrected chi connectivity index (χ1v) is 7.77. The quantitative estimate of drug-likeness (QED) is 0.913. The van der Waals surface area contributed by atoms with Gasteiger partial charge in [0.25, 0.3) is 0 Å². The highest BCUT2D eigenvalue weighted by Crippen LogP contribution is 2.43. The van der Waals surface area contributed by atoms with E-state index in [0.717, 1.165) is 17.7 Å². The van der Waals surface area contributed by atoms with Gasteiger partial charge in [0.1, 0.15) is 5.75 Å². The van der Waals surface area contributed by atoms with E-state index in [9.17, 15) is 9.59 Å². The van der Waals surface area contributed by atoms with Crippen molar-refractivity contribution < 1.29 is 14.3 Å². The number of hydrogen-bond acceptors (Lipinski definition) is 3. The summed E-state index contributed by atoms with van der Waals surface area (Å²) < 4.78 is 5.27. The second kappa shape index (κ2) is 5.41. The monoisotopic (exact) mass is 314 g/mol. The van der Waals surface area contributed by atoms with E-state index in [4.69, 9.17) is 4.74 Å². The van der Waals surface area contributed by atoms with Crippen molar-refractivity contribution in [2.24, 2.45) is 5.41 Å². The van der Waals surface area contributed by atoms with Crippen LogP contribution in [0, 0.1) is 5.41 Å². The van der Waals surface area contributed by atoms with Gasteiger partial charge < -0.3 is 15.0 Å². The van der Waals surface area contributed by atoms with Crippen LogP contribution >= 0.6 is 0 Å². The van der Waals surface area contributed by atoms with Gasteiger partial charge >= 0.3 is 6.03 Å². The van der Waals surface area contributed by atoms with Crippen LogP contribution in [0.2, 0.25) is 0 Å². The summed E-state index contributed by atoms with van der Waals surface area (Å²) in [6.45, 7) is 4.13. The summed E-state index contributed by atoms with van der Waals surface area (Å²) in [6.07, 6.45) is 1.22. The molecule has 5 nitrogen and oxygen atoms in total. The Morgan fingerprint density at radius 1 is 1.26 bits per heavy atom. The SMILES string of the molecule is COc1cccc(C2NC(=O)N(C)C3=C2C(=O)CC(C)(C)C3)c1. The number of carbonyl (C=O) groups is 2. The van der Waals surface area contributed by atoms with Gasteiger partial charge in [-0.2, -0.15) is 0 Å². The number of urea groups is 1. The molecule has 23 heavy (non-hydrogen) atoms. The molecule has 0 saturated heterocycles. The van der Waals surface area contributed by atoms with Gasteiger partial charge in [-0.25, -0.2) is 4.79 Å². The second-order valence-corrected chi connectivity index (χ2v) is 7.02. The number of hydrogen-bond donors (Lipinski definition) is 1. The predicted molar refractivity (Wildman–Crippen MR) is 87.1 cm³/mol. The summed E-state index contributed by atoms with van der Waals surface area (Å²) in [5.74, 6) is 0.817. The molecule has 1 aromatic rings. The Balaban J connectivity index is 2.11. The van der Waals surface area contributed by atoms with Crippen molar-refractivity contribution >= 4 is 11.8 Å². The Kier molecular flexibility index (Phi) is 3.66. The van der Waals surface area contributed by atoms with Crippen LogP contribution < -0.4 is 10.1 Å². The van der Waals surface area contributed by atoms with Crippen LogP contribution in [0.1, 0.15) is 38.3 Å². The van der Waals surface area contributed by atoms with Gasteiger partial charge in [-0.05, 0) is 29.5 Å². The molecule has 2 amide bonds. The van der Waals surface area contributed by atoms with E-state index in [1.807, 2.05) is 24.3 Å². The van der Waals surface area contributed by atoms with Gasteiger partial charge in [0.2, 0.25) is 0 Å². The van der Waals surface area contributed by atoms with Gasteiger partial charge in [0, 0.05) is 24.7 Å². The van der Waals surface area contributed by atoms with E-state index in [2.05, 4.69) is 19.2 Å². The highest BCUT2D eigenvalue weighted by atomic mass is 16.5. The lowest BCUT2D eigenvalue weighted by Gasteiger charge is -2.42. The summed E-state index contributed by atoms with van der Waals surface area (Å²) in [6, 6.07) is 6.91. The lowest BCUT2D eigenvalue weighted by molar-refractivity contribution is -0.118. The van der Waals surface area contributed by atoms with Gasteiger partial charge in [0.05, 0.1) is 13.2 Å². The molecule has 1 atom stereocenters. The van der Waals surface area contributed by atoms with Crippen molar-refractivity contribution in [2.75, 3.05) is 14.2 Å². The van der Waals surface area contributed by atoms with Crippen LogP contribution in [0.15, 0.2) is 35.5 Å². The zero-order valence-electron chi connectivity index (χ0n) is 14.0. The molecule has 2 aliphatic rings. The van der Waals surface area contributed by atoms with Gasteiger partial charge in [0.15, 0.2) is 5.78 Å². The maximum atomic E-state index is 12.8. The summed E-state index contributed by atoms with van der Waals surface area (Å²) >= 11 is 0. The molecule has 0 bridgehead atoms. The molecule has 0 fully saturated rings. The molecule has 0 spiro atoms. The number of benzene rings is 1. The van der Waals surface area contributed by atoms with Crippen molar-refractivity contribution in [3.8, 4) is 5.75 Å². The van der Waals surface area contributed by atoms with E-state index in [1.54, 1.807) is 19.1 Å². The smallest absolute Gasteiger partial charge is 0.322 e. The summed E-state index contributed by atoms with van der Waals surface area (Å²) in [5.41, 5.74) is 2.29. The molecule has 122 valence electrons. The molecule has 1 N–H and O–H groups in total. The largest absolute Gasteiger partial charge is 0.497 e. The Bertz CT molecular complexity index is 706. The minimum Gasteiger partial charge on any atom is -0.497 e. The molecular formula is C18H22N2O3. The summed E-state index contributed by atoms with van der Waals surface area (Å²) in [5, 5.41) is 2.94. The Labute approximate surface area is 136 Å². The molecule has 1 heterocycles. The van der Waals surface area contributed by atoms with Crippen molar-refractivity contribution in [3.05, 3.63) is 41.1 Å². The van der Waals surface area contributed by atoms with Crippen LogP contribution in [-0.2, 0) is 4.79 Å². The molecule has 1 aliphatic carbocycles. The summed E-state index contributed by atoms with van der Waals surface area (Å²) in [7, 11) is 3.33. The Morgan fingerprint density at radius 3 is 2.70 bits per heavy atom. The number of methoxy groups -OCH3 is 1.